The summed E-state index contributed by atoms with van der Waals surface area (Å²) in [6.45, 7) is 0.329. The maximum Gasteiger partial charge on any atom is 0.213 e. The van der Waals surface area contributed by atoms with Crippen LogP contribution < -0.4 is 4.74 Å². The second-order valence-corrected chi connectivity index (χ2v) is 2.10. The maximum absolute atomic E-state index is 8.07. The molecule has 0 atom stereocenters. The smallest absolute Gasteiger partial charge is 0.213 e. The molecule has 19 heavy (non-hydrogen) atoms. The number of azide groups is 1. The van der Waals surface area contributed by atoms with E-state index in [0.29, 0.717) is 12.4 Å². The van der Waals surface area contributed by atoms with Gasteiger partial charge in [0.05, 0.1) is 13.7 Å². The average molecular weight is 298 g/mol. The van der Waals surface area contributed by atoms with Gasteiger partial charge in [0, 0.05) is 44.6 Å². The van der Waals surface area contributed by atoms with E-state index < -0.39 is 0 Å². The molecule has 0 N–H and O–H groups in total. The molecule has 0 aliphatic rings. The van der Waals surface area contributed by atoms with Gasteiger partial charge in [-0.3, -0.25) is 4.70 Å². The minimum Gasteiger partial charge on any atom is -0.481 e. The standard InChI is InChI=1S/C7H8N4O.3F2.FH/c1-12-7-4-6(2-3-9-7)5-10-11-8;3*1-2;/h2-4H,5H2,1H3;;;;1H. The Morgan fingerprint density at radius 2 is 1.79 bits per heavy atom. The molecule has 0 radical (unpaired) electrons. The van der Waals surface area contributed by atoms with E-state index in [2.05, 4.69) is 15.0 Å². The van der Waals surface area contributed by atoms with Crippen LogP contribution >= 0.6 is 0 Å². The Hall–Kier alpha value is -2.23. The van der Waals surface area contributed by atoms with Crippen molar-refractivity contribution in [3.05, 3.63) is 34.3 Å². The number of nitrogens with zero attached hydrogens (tertiary/aromatic N) is 4. The van der Waals surface area contributed by atoms with Crippen LogP contribution in [0.4, 0.5) is 32.1 Å². The fourth-order valence-electron chi connectivity index (χ4n) is 0.774. The normalized spacial score (nSPS) is 6.47. The monoisotopic (exact) mass is 298 g/mol. The van der Waals surface area contributed by atoms with Crippen molar-refractivity contribution in [2.24, 2.45) is 5.11 Å². The maximum atomic E-state index is 8.07. The predicted molar refractivity (Wildman–Crippen MR) is 52.8 cm³/mol. The van der Waals surface area contributed by atoms with Crippen LogP contribution in [-0.4, -0.2) is 12.1 Å². The molecule has 0 unspecified atom stereocenters. The molecule has 0 aliphatic heterocycles. The lowest BCUT2D eigenvalue weighted by Crippen LogP contribution is -1.88. The Morgan fingerprint density at radius 1 is 1.26 bits per heavy atom. The van der Waals surface area contributed by atoms with E-state index in [1.807, 2.05) is 0 Å². The van der Waals surface area contributed by atoms with E-state index in [9.17, 15) is 0 Å². The Morgan fingerprint density at radius 3 is 2.21 bits per heavy atom. The van der Waals surface area contributed by atoms with Crippen molar-refractivity contribution < 1.29 is 36.9 Å². The van der Waals surface area contributed by atoms with Crippen molar-refractivity contribution in [2.45, 2.75) is 6.54 Å². The van der Waals surface area contributed by atoms with Crippen molar-refractivity contribution in [2.75, 3.05) is 7.11 Å². The first-order valence-electron chi connectivity index (χ1n) is 3.79. The third kappa shape index (κ3) is 15.8. The quantitative estimate of drug-likeness (QED) is 0.355. The van der Waals surface area contributed by atoms with Crippen LogP contribution in [0.2, 0.25) is 0 Å². The molecular formula is C7H9F7N4O. The summed E-state index contributed by atoms with van der Waals surface area (Å²) < 4.78 is 52.9. The van der Waals surface area contributed by atoms with Crippen molar-refractivity contribution in [3.63, 3.8) is 0 Å². The fraction of sp³-hybridized carbons (Fsp3) is 0.286. The largest absolute Gasteiger partial charge is 0.481 e. The van der Waals surface area contributed by atoms with Crippen LogP contribution in [0.3, 0.4) is 0 Å². The highest BCUT2D eigenvalue weighted by Gasteiger charge is 1.93. The van der Waals surface area contributed by atoms with Gasteiger partial charge in [-0.1, -0.05) is 5.11 Å². The van der Waals surface area contributed by atoms with E-state index in [-0.39, 0.29) is 4.70 Å². The van der Waals surface area contributed by atoms with Crippen LogP contribution in [-0.2, 0) is 6.54 Å². The number of aromatic nitrogens is 1. The molecule has 0 fully saturated rings. The van der Waals surface area contributed by atoms with Gasteiger partial charge in [0.2, 0.25) is 5.88 Å². The molecule has 0 spiro atoms. The summed E-state index contributed by atoms with van der Waals surface area (Å²) in [4.78, 5) is 6.56. The molecular weight excluding hydrogens is 289 g/mol. The molecule has 5 nitrogen and oxygen atoms in total. The number of hydrogen-bond acceptors (Lipinski definition) is 3. The highest BCUT2D eigenvalue weighted by molar-refractivity contribution is 5.20. The van der Waals surface area contributed by atoms with Gasteiger partial charge in [-0.2, -0.15) is 0 Å². The van der Waals surface area contributed by atoms with Gasteiger partial charge in [-0.15, -0.1) is 0 Å². The third-order valence-electron chi connectivity index (χ3n) is 1.32. The molecule has 0 aliphatic carbocycles. The Balaban J connectivity index is -0.000000142. The van der Waals surface area contributed by atoms with Crippen molar-refractivity contribution in [1.82, 2.24) is 4.98 Å². The second kappa shape index (κ2) is 24.8. The number of rotatable bonds is 3. The van der Waals surface area contributed by atoms with E-state index in [1.54, 1.807) is 25.4 Å². The first-order valence-corrected chi connectivity index (χ1v) is 3.79. The minimum atomic E-state index is 0. The number of hydrogen-bond donors (Lipinski definition) is 0. The van der Waals surface area contributed by atoms with Gasteiger partial charge in [0.25, 0.3) is 0 Å². The Bertz CT molecular complexity index is 324. The topological polar surface area (TPSA) is 70.9 Å². The summed E-state index contributed by atoms with van der Waals surface area (Å²) in [6.07, 6.45) is 1.61. The van der Waals surface area contributed by atoms with Crippen LogP contribution in [0.1, 0.15) is 5.56 Å². The number of halogens is 7. The zero-order chi connectivity index (χ0) is 14.8. The van der Waals surface area contributed by atoms with Gasteiger partial charge in [-0.25, -0.2) is 4.98 Å². The van der Waals surface area contributed by atoms with Gasteiger partial charge in [-0.05, 0) is 17.2 Å². The number of ether oxygens (including phenoxy) is 1. The Kier molecular flexibility index (Phi) is 33.4. The van der Waals surface area contributed by atoms with Gasteiger partial charge in [0.15, 0.2) is 0 Å². The first-order chi connectivity index (χ1) is 8.86. The SMILES string of the molecule is COc1cc(CN=[N+]=[N-])ccn1.F.FF.FF.FF. The minimum absolute atomic E-state index is 0. The fourth-order valence-corrected chi connectivity index (χ4v) is 0.774. The van der Waals surface area contributed by atoms with Gasteiger partial charge >= 0.3 is 0 Å². The van der Waals surface area contributed by atoms with Crippen molar-refractivity contribution >= 4 is 0 Å². The first kappa shape index (κ1) is 25.6. The molecule has 112 valence electrons. The lowest BCUT2D eigenvalue weighted by atomic mass is 10.3. The molecule has 12 heteroatoms. The lowest BCUT2D eigenvalue weighted by molar-refractivity contribution is 0.108. The van der Waals surface area contributed by atoms with Gasteiger partial charge < -0.3 is 4.74 Å². The molecule has 1 aromatic rings. The van der Waals surface area contributed by atoms with Crippen molar-refractivity contribution in [3.8, 4) is 5.88 Å². The van der Waals surface area contributed by atoms with Crippen molar-refractivity contribution in [1.29, 1.82) is 0 Å². The zero-order valence-electron chi connectivity index (χ0n) is 9.31. The summed E-state index contributed by atoms with van der Waals surface area (Å²) in [5.41, 5.74) is 8.95. The second-order valence-electron chi connectivity index (χ2n) is 2.10. The van der Waals surface area contributed by atoms with Gasteiger partial charge in [0.1, 0.15) is 0 Å². The molecule has 1 heterocycles. The van der Waals surface area contributed by atoms with E-state index >= 15 is 0 Å². The van der Waals surface area contributed by atoms with Crippen LogP contribution in [0.25, 0.3) is 10.4 Å². The van der Waals surface area contributed by atoms with Crippen LogP contribution in [0, 0.1) is 0 Å². The summed E-state index contributed by atoms with van der Waals surface area (Å²) >= 11 is 0. The van der Waals surface area contributed by atoms with E-state index in [1.165, 1.54) is 0 Å². The highest BCUT2D eigenvalue weighted by atomic mass is 20.0. The van der Waals surface area contributed by atoms with Crippen LogP contribution in [0.15, 0.2) is 23.4 Å². The molecule has 1 aromatic heterocycles. The van der Waals surface area contributed by atoms with E-state index in [0.717, 1.165) is 5.56 Å². The molecule has 0 saturated carbocycles. The summed E-state index contributed by atoms with van der Waals surface area (Å²) in [5.74, 6) is 0.528. The summed E-state index contributed by atoms with van der Waals surface area (Å²) in [7, 11) is 1.54. The predicted octanol–water partition coefficient (Wildman–Crippen LogP) is 4.57. The van der Waals surface area contributed by atoms with E-state index in [4.69, 9.17) is 37.7 Å². The third-order valence-corrected chi connectivity index (χ3v) is 1.32. The zero-order valence-corrected chi connectivity index (χ0v) is 9.31. The summed E-state index contributed by atoms with van der Waals surface area (Å²) in [5, 5.41) is 3.41. The van der Waals surface area contributed by atoms with Crippen LogP contribution in [0.5, 0.6) is 5.88 Å². The molecule has 0 bridgehead atoms. The number of pyridine rings is 1. The molecule has 1 rings (SSSR count). The molecule has 0 amide bonds. The molecule has 0 saturated heterocycles. The number of methoxy groups -OCH3 is 1. The summed E-state index contributed by atoms with van der Waals surface area (Å²) in [6, 6.07) is 3.51. The highest BCUT2D eigenvalue weighted by Crippen LogP contribution is 2.09. The average Bonchev–Trinajstić information content (AvgIpc) is 2.51. The molecule has 0 aromatic carbocycles. The Labute approximate surface area is 102 Å². The lowest BCUT2D eigenvalue weighted by Gasteiger charge is -1.99.